The molecule has 1 fully saturated rings. The van der Waals surface area contributed by atoms with E-state index in [9.17, 15) is 14.4 Å². The van der Waals surface area contributed by atoms with Crippen LogP contribution in [0, 0.1) is 5.92 Å². The van der Waals surface area contributed by atoms with Gasteiger partial charge >= 0.3 is 6.03 Å². The number of amides is 4. The van der Waals surface area contributed by atoms with Gasteiger partial charge in [0.1, 0.15) is 6.54 Å². The molecule has 2 rings (SSSR count). The number of nitrogens with zero attached hydrogens (tertiary/aromatic N) is 1. The lowest BCUT2D eigenvalue weighted by molar-refractivity contribution is -0.135. The highest BCUT2D eigenvalue weighted by Gasteiger charge is 2.50. The van der Waals surface area contributed by atoms with Crippen molar-refractivity contribution >= 4 is 29.2 Å². The van der Waals surface area contributed by atoms with Crippen LogP contribution in [-0.2, 0) is 15.1 Å². The Labute approximate surface area is 133 Å². The highest BCUT2D eigenvalue weighted by Crippen LogP contribution is 2.31. The number of carbonyl (C=O) groups is 3. The molecule has 2 N–H and O–H groups in total. The van der Waals surface area contributed by atoms with Crippen molar-refractivity contribution in [3.8, 4) is 0 Å². The van der Waals surface area contributed by atoms with Gasteiger partial charge in [-0.2, -0.15) is 0 Å². The van der Waals surface area contributed by atoms with Gasteiger partial charge in [-0.05, 0) is 31.2 Å². The Hall–Kier alpha value is -1.89. The number of rotatable bonds is 5. The smallest absolute Gasteiger partial charge is 0.325 e. The third kappa shape index (κ3) is 2.99. The molecule has 0 aliphatic carbocycles. The minimum absolute atomic E-state index is 0.0167. The highest BCUT2D eigenvalue weighted by atomic mass is 32.1. The van der Waals surface area contributed by atoms with E-state index in [1.807, 2.05) is 32.2 Å². The zero-order chi connectivity index (χ0) is 16.5. The van der Waals surface area contributed by atoms with Crippen molar-refractivity contribution in [3.63, 3.8) is 0 Å². The lowest BCUT2D eigenvalue weighted by atomic mass is 10.0. The van der Waals surface area contributed by atoms with E-state index in [0.29, 0.717) is 0 Å². The van der Waals surface area contributed by atoms with Crippen molar-refractivity contribution < 1.29 is 14.4 Å². The average Bonchev–Trinajstić information content (AvgIpc) is 3.03. The molecule has 0 aromatic carbocycles. The first-order chi connectivity index (χ1) is 10.3. The number of nitrogens with one attached hydrogen (secondary N) is 2. The summed E-state index contributed by atoms with van der Waals surface area (Å²) in [5.41, 5.74) is -1.09. The molecule has 6 nitrogen and oxygen atoms in total. The summed E-state index contributed by atoms with van der Waals surface area (Å²) in [5, 5.41) is 7.33. The molecule has 22 heavy (non-hydrogen) atoms. The molecule has 2 atom stereocenters. The maximum Gasteiger partial charge on any atom is 0.325 e. The van der Waals surface area contributed by atoms with Gasteiger partial charge in [-0.1, -0.05) is 19.9 Å². The summed E-state index contributed by atoms with van der Waals surface area (Å²) in [6.45, 7) is 7.28. The van der Waals surface area contributed by atoms with E-state index in [-0.39, 0.29) is 24.4 Å². The van der Waals surface area contributed by atoms with E-state index >= 15 is 0 Å². The normalized spacial score (nSPS) is 22.9. The van der Waals surface area contributed by atoms with E-state index in [2.05, 4.69) is 10.6 Å². The fourth-order valence-corrected chi connectivity index (χ4v) is 3.02. The fourth-order valence-electron chi connectivity index (χ4n) is 2.18. The van der Waals surface area contributed by atoms with Gasteiger partial charge in [0.05, 0.1) is 0 Å². The summed E-state index contributed by atoms with van der Waals surface area (Å²) < 4.78 is 0. The van der Waals surface area contributed by atoms with Crippen LogP contribution < -0.4 is 10.6 Å². The molecular formula is C15H21N3O3S. The van der Waals surface area contributed by atoms with Crippen molar-refractivity contribution in [2.75, 3.05) is 6.54 Å². The Morgan fingerprint density at radius 3 is 2.64 bits per heavy atom. The van der Waals surface area contributed by atoms with Crippen molar-refractivity contribution in [2.45, 2.75) is 39.3 Å². The third-order valence-corrected chi connectivity index (χ3v) is 5.07. The molecule has 0 radical (unpaired) electrons. The molecule has 0 spiro atoms. The molecule has 1 saturated heterocycles. The first kappa shape index (κ1) is 16.5. The SMILES string of the molecule is CC(C)[C@@H](C)NC(=O)CN1C(=O)N[C@](C)(c2cccs2)C1=O. The number of hydrogen-bond acceptors (Lipinski definition) is 4. The second-order valence-corrected chi connectivity index (χ2v) is 6.97. The second kappa shape index (κ2) is 6.08. The molecule has 1 aromatic rings. The predicted octanol–water partition coefficient (Wildman–Crippen LogP) is 1.68. The molecule has 0 saturated carbocycles. The summed E-state index contributed by atoms with van der Waals surface area (Å²) in [6.07, 6.45) is 0. The average molecular weight is 323 g/mol. The Kier molecular flexibility index (Phi) is 4.55. The Bertz CT molecular complexity index is 585. The number of urea groups is 1. The predicted molar refractivity (Wildman–Crippen MR) is 84.4 cm³/mol. The molecular weight excluding hydrogens is 302 g/mol. The largest absolute Gasteiger partial charge is 0.352 e. The minimum Gasteiger partial charge on any atom is -0.352 e. The van der Waals surface area contributed by atoms with Crippen LogP contribution >= 0.6 is 11.3 Å². The van der Waals surface area contributed by atoms with E-state index in [4.69, 9.17) is 0 Å². The minimum atomic E-state index is -1.09. The molecule has 2 heterocycles. The monoisotopic (exact) mass is 323 g/mol. The molecule has 1 aliphatic rings. The summed E-state index contributed by atoms with van der Waals surface area (Å²) in [4.78, 5) is 38.4. The van der Waals surface area contributed by atoms with Crippen LogP contribution in [0.25, 0.3) is 0 Å². The van der Waals surface area contributed by atoms with E-state index in [1.54, 1.807) is 13.0 Å². The third-order valence-electron chi connectivity index (χ3n) is 3.98. The van der Waals surface area contributed by atoms with Crippen molar-refractivity contribution in [3.05, 3.63) is 22.4 Å². The molecule has 120 valence electrons. The van der Waals surface area contributed by atoms with Gasteiger partial charge in [-0.3, -0.25) is 14.5 Å². The summed E-state index contributed by atoms with van der Waals surface area (Å²) in [7, 11) is 0. The number of carbonyl (C=O) groups excluding carboxylic acids is 3. The molecule has 1 aromatic heterocycles. The summed E-state index contributed by atoms with van der Waals surface area (Å²) in [6, 6.07) is 3.07. The molecule has 0 bridgehead atoms. The quantitative estimate of drug-likeness (QED) is 0.809. The molecule has 1 aliphatic heterocycles. The zero-order valence-electron chi connectivity index (χ0n) is 13.2. The second-order valence-electron chi connectivity index (χ2n) is 6.02. The number of imide groups is 1. The Morgan fingerprint density at radius 2 is 2.09 bits per heavy atom. The lowest BCUT2D eigenvalue weighted by Gasteiger charge is -2.21. The first-order valence-electron chi connectivity index (χ1n) is 7.23. The van der Waals surface area contributed by atoms with Gasteiger partial charge in [0.2, 0.25) is 5.91 Å². The first-order valence-corrected chi connectivity index (χ1v) is 8.11. The number of hydrogen-bond donors (Lipinski definition) is 2. The zero-order valence-corrected chi connectivity index (χ0v) is 14.0. The van der Waals surface area contributed by atoms with Crippen LogP contribution in [0.15, 0.2) is 17.5 Å². The van der Waals surface area contributed by atoms with Crippen LogP contribution in [0.2, 0.25) is 0 Å². The van der Waals surface area contributed by atoms with Crippen molar-refractivity contribution in [2.24, 2.45) is 5.92 Å². The molecule has 7 heteroatoms. The van der Waals surface area contributed by atoms with Crippen molar-refractivity contribution in [1.29, 1.82) is 0 Å². The van der Waals surface area contributed by atoms with E-state index in [1.165, 1.54) is 11.3 Å². The lowest BCUT2D eigenvalue weighted by Crippen LogP contribution is -2.45. The van der Waals surface area contributed by atoms with Crippen LogP contribution in [0.1, 0.15) is 32.6 Å². The summed E-state index contributed by atoms with van der Waals surface area (Å²) >= 11 is 1.40. The van der Waals surface area contributed by atoms with Crippen LogP contribution in [0.5, 0.6) is 0 Å². The van der Waals surface area contributed by atoms with Gasteiger partial charge in [0.25, 0.3) is 5.91 Å². The topological polar surface area (TPSA) is 78.5 Å². The maximum absolute atomic E-state index is 12.6. The Balaban J connectivity index is 2.08. The van der Waals surface area contributed by atoms with Gasteiger partial charge in [-0.25, -0.2) is 4.79 Å². The Morgan fingerprint density at radius 1 is 1.41 bits per heavy atom. The number of thiophene rings is 1. The standard InChI is InChI=1S/C15H21N3O3S/c1-9(2)10(3)16-12(19)8-18-13(20)15(4,17-14(18)21)11-6-5-7-22-11/h5-7,9-10H,8H2,1-4H3,(H,16,19)(H,17,21)/t10-,15-/m1/s1. The fraction of sp³-hybridized carbons (Fsp3) is 0.533. The van der Waals surface area contributed by atoms with Crippen LogP contribution in [0.4, 0.5) is 4.79 Å². The van der Waals surface area contributed by atoms with E-state index < -0.39 is 17.5 Å². The van der Waals surface area contributed by atoms with Gasteiger partial charge in [-0.15, -0.1) is 11.3 Å². The van der Waals surface area contributed by atoms with Crippen molar-refractivity contribution in [1.82, 2.24) is 15.5 Å². The van der Waals surface area contributed by atoms with E-state index in [0.717, 1.165) is 9.78 Å². The van der Waals surface area contributed by atoms with Crippen LogP contribution in [-0.4, -0.2) is 35.3 Å². The summed E-state index contributed by atoms with van der Waals surface area (Å²) in [5.74, 6) is -0.448. The molecule has 0 unspecified atom stereocenters. The molecule has 4 amide bonds. The highest BCUT2D eigenvalue weighted by molar-refractivity contribution is 7.10. The van der Waals surface area contributed by atoms with Gasteiger partial charge in [0, 0.05) is 10.9 Å². The maximum atomic E-state index is 12.6. The van der Waals surface area contributed by atoms with Gasteiger partial charge < -0.3 is 10.6 Å². The van der Waals surface area contributed by atoms with Gasteiger partial charge in [0.15, 0.2) is 5.54 Å². The van der Waals surface area contributed by atoms with Crippen LogP contribution in [0.3, 0.4) is 0 Å².